The molecule has 3 heterocycles. The summed E-state index contributed by atoms with van der Waals surface area (Å²) in [5.41, 5.74) is 1.38. The highest BCUT2D eigenvalue weighted by atomic mass is 35.5. The van der Waals surface area contributed by atoms with Gasteiger partial charge in [0.1, 0.15) is 5.65 Å². The zero-order chi connectivity index (χ0) is 21.8. The van der Waals surface area contributed by atoms with Gasteiger partial charge in [-0.1, -0.05) is 11.6 Å². The number of fused-ring (bicyclic) bond motifs is 1. The number of ether oxygens (including phenoxy) is 1. The molecular weight excluding hydrogens is 423 g/mol. The summed E-state index contributed by atoms with van der Waals surface area (Å²) in [5, 5.41) is 17.8. The molecule has 8 nitrogen and oxygen atoms in total. The smallest absolute Gasteiger partial charge is 0.183 e. The maximum absolute atomic E-state index is 14.5. The Balaban J connectivity index is 1.47. The van der Waals surface area contributed by atoms with Crippen molar-refractivity contribution in [3.05, 3.63) is 35.5 Å². The maximum atomic E-state index is 14.5. The van der Waals surface area contributed by atoms with E-state index in [1.165, 1.54) is 6.20 Å². The van der Waals surface area contributed by atoms with E-state index in [0.29, 0.717) is 35.2 Å². The van der Waals surface area contributed by atoms with Gasteiger partial charge in [0.2, 0.25) is 0 Å². The van der Waals surface area contributed by atoms with Gasteiger partial charge in [-0.3, -0.25) is 0 Å². The molecule has 0 aliphatic heterocycles. The molecule has 0 radical (unpaired) electrons. The normalized spacial score (nSPS) is 20.1. The van der Waals surface area contributed by atoms with Gasteiger partial charge in [0, 0.05) is 49.1 Å². The topological polar surface area (TPSA) is 108 Å². The van der Waals surface area contributed by atoms with E-state index >= 15 is 0 Å². The summed E-state index contributed by atoms with van der Waals surface area (Å²) >= 11 is 6.08. The Kier molecular flexibility index (Phi) is 6.96. The Labute approximate surface area is 184 Å². The molecule has 10 heteroatoms. The Morgan fingerprint density at radius 2 is 2.16 bits per heavy atom. The average molecular weight is 449 g/mol. The van der Waals surface area contributed by atoms with Crippen LogP contribution in [0.1, 0.15) is 25.7 Å². The highest BCUT2D eigenvalue weighted by Crippen LogP contribution is 2.29. The van der Waals surface area contributed by atoms with Crippen molar-refractivity contribution < 1.29 is 14.2 Å². The fourth-order valence-corrected chi connectivity index (χ4v) is 4.17. The molecule has 4 N–H and O–H groups in total. The van der Waals surface area contributed by atoms with Crippen molar-refractivity contribution in [2.75, 3.05) is 25.6 Å². The van der Waals surface area contributed by atoms with E-state index in [0.717, 1.165) is 31.1 Å². The van der Waals surface area contributed by atoms with Crippen molar-refractivity contribution in [2.24, 2.45) is 0 Å². The van der Waals surface area contributed by atoms with Crippen LogP contribution in [-0.4, -0.2) is 63.5 Å². The van der Waals surface area contributed by atoms with E-state index in [4.69, 9.17) is 16.3 Å². The molecule has 1 unspecified atom stereocenters. The van der Waals surface area contributed by atoms with Crippen LogP contribution in [0.3, 0.4) is 0 Å². The summed E-state index contributed by atoms with van der Waals surface area (Å²) in [5.74, 6) is 0.0807. The van der Waals surface area contributed by atoms with Crippen LogP contribution >= 0.6 is 11.6 Å². The maximum Gasteiger partial charge on any atom is 0.183 e. The van der Waals surface area contributed by atoms with Gasteiger partial charge in [-0.2, -0.15) is 0 Å². The van der Waals surface area contributed by atoms with Crippen LogP contribution in [0.2, 0.25) is 5.02 Å². The van der Waals surface area contributed by atoms with Crippen LogP contribution < -0.4 is 10.6 Å². The average Bonchev–Trinajstić information content (AvgIpc) is 3.17. The summed E-state index contributed by atoms with van der Waals surface area (Å²) in [4.78, 5) is 15.9. The van der Waals surface area contributed by atoms with Crippen LogP contribution in [0.15, 0.2) is 24.7 Å². The molecule has 3 atom stereocenters. The largest absolute Gasteiger partial charge is 0.389 e. The summed E-state index contributed by atoms with van der Waals surface area (Å²) in [7, 11) is 1.57. The van der Waals surface area contributed by atoms with Crippen LogP contribution in [-0.2, 0) is 4.74 Å². The number of nitrogens with zero attached hydrogens (tertiary/aromatic N) is 3. The zero-order valence-corrected chi connectivity index (χ0v) is 18.0. The molecule has 1 saturated carbocycles. The van der Waals surface area contributed by atoms with E-state index in [9.17, 15) is 9.50 Å². The van der Waals surface area contributed by atoms with E-state index in [-0.39, 0.29) is 17.9 Å². The molecule has 0 amide bonds. The minimum absolute atomic E-state index is 0.0714. The van der Waals surface area contributed by atoms with Gasteiger partial charge in [0.15, 0.2) is 17.5 Å². The summed E-state index contributed by atoms with van der Waals surface area (Å²) in [6, 6.07) is 2.09. The number of aromatic nitrogens is 4. The molecule has 1 aliphatic rings. The lowest BCUT2D eigenvalue weighted by molar-refractivity contribution is 0.0616. The molecule has 0 saturated heterocycles. The first-order chi connectivity index (χ1) is 15.0. The number of aromatic amines is 1. The molecule has 4 rings (SSSR count). The quantitative estimate of drug-likeness (QED) is 0.419. The Hall–Kier alpha value is -2.33. The predicted molar refractivity (Wildman–Crippen MR) is 118 cm³/mol. The van der Waals surface area contributed by atoms with Crippen LogP contribution in [0.5, 0.6) is 0 Å². The Morgan fingerprint density at radius 1 is 1.32 bits per heavy atom. The number of hydrogen-bond donors (Lipinski definition) is 4. The molecule has 0 spiro atoms. The standard InChI is InChI=1S/C21H26ClFN6O2/c1-31-11-15(30)8-24-13-3-2-4-14(6-13)28-21-18(23)10-27-20(29-21)17-9-26-19-16(17)5-12(22)7-25-19/h5,7,9-10,13-15,24,30H,2-4,6,8,11H2,1H3,(H,25,26)(H,27,28,29)/t13-,14+,15?/m1/s1. The van der Waals surface area contributed by atoms with E-state index in [1.807, 2.05) is 0 Å². The lowest BCUT2D eigenvalue weighted by Crippen LogP contribution is -2.42. The van der Waals surface area contributed by atoms with Gasteiger partial charge >= 0.3 is 0 Å². The number of anilines is 1. The Morgan fingerprint density at radius 3 is 3.00 bits per heavy atom. The van der Waals surface area contributed by atoms with Crippen molar-refractivity contribution in [3.8, 4) is 11.4 Å². The molecule has 1 fully saturated rings. The number of hydrogen-bond acceptors (Lipinski definition) is 7. The Bertz CT molecular complexity index is 1030. The van der Waals surface area contributed by atoms with Gasteiger partial charge in [-0.25, -0.2) is 19.3 Å². The van der Waals surface area contributed by atoms with Gasteiger partial charge in [0.05, 0.1) is 23.9 Å². The molecule has 3 aromatic rings. The van der Waals surface area contributed by atoms with Crippen molar-refractivity contribution in [1.29, 1.82) is 0 Å². The lowest BCUT2D eigenvalue weighted by atomic mass is 9.91. The predicted octanol–water partition coefficient (Wildman–Crippen LogP) is 3.13. The number of aliphatic hydroxyl groups excluding tert-OH is 1. The first-order valence-corrected chi connectivity index (χ1v) is 10.7. The fourth-order valence-electron chi connectivity index (χ4n) is 4.01. The van der Waals surface area contributed by atoms with Crippen molar-refractivity contribution in [3.63, 3.8) is 0 Å². The number of rotatable bonds is 8. The third-order valence-electron chi connectivity index (χ3n) is 5.50. The van der Waals surface area contributed by atoms with Crippen LogP contribution in [0.4, 0.5) is 10.2 Å². The number of pyridine rings is 1. The molecule has 31 heavy (non-hydrogen) atoms. The third kappa shape index (κ3) is 5.30. The fraction of sp³-hybridized carbons (Fsp3) is 0.476. The van der Waals surface area contributed by atoms with Gasteiger partial charge < -0.3 is 25.5 Å². The molecule has 0 bridgehead atoms. The molecule has 0 aromatic carbocycles. The first kappa shape index (κ1) is 21.9. The molecule has 166 valence electrons. The van der Waals surface area contributed by atoms with E-state index in [2.05, 4.69) is 30.6 Å². The minimum Gasteiger partial charge on any atom is -0.389 e. The second-order valence-electron chi connectivity index (χ2n) is 7.86. The second kappa shape index (κ2) is 9.86. The first-order valence-electron chi connectivity index (χ1n) is 10.4. The number of methoxy groups -OCH3 is 1. The highest BCUT2D eigenvalue weighted by Gasteiger charge is 2.24. The van der Waals surface area contributed by atoms with E-state index < -0.39 is 11.9 Å². The van der Waals surface area contributed by atoms with Crippen LogP contribution in [0.25, 0.3) is 22.4 Å². The number of aliphatic hydroxyl groups is 1. The molecule has 1 aliphatic carbocycles. The minimum atomic E-state index is -0.542. The number of nitrogens with one attached hydrogen (secondary N) is 3. The number of halogens is 2. The van der Waals surface area contributed by atoms with E-state index in [1.54, 1.807) is 25.6 Å². The van der Waals surface area contributed by atoms with Gasteiger partial charge in [-0.05, 0) is 31.7 Å². The lowest BCUT2D eigenvalue weighted by Gasteiger charge is -2.31. The van der Waals surface area contributed by atoms with Crippen molar-refractivity contribution in [1.82, 2.24) is 25.3 Å². The molecule has 3 aromatic heterocycles. The van der Waals surface area contributed by atoms with Crippen LogP contribution in [0, 0.1) is 5.82 Å². The van der Waals surface area contributed by atoms with Crippen molar-refractivity contribution >= 4 is 28.5 Å². The summed E-state index contributed by atoms with van der Waals surface area (Å²) in [6.07, 6.45) is 7.69. The molecular formula is C21H26ClFN6O2. The SMILES string of the molecule is COCC(O)CN[C@@H]1CCC[C@H](Nc2nc(-c3c[nH]c4ncc(Cl)cc34)ncc2F)C1. The third-order valence-corrected chi connectivity index (χ3v) is 5.71. The highest BCUT2D eigenvalue weighted by molar-refractivity contribution is 6.31. The summed E-state index contributed by atoms with van der Waals surface area (Å²) < 4.78 is 19.4. The zero-order valence-electron chi connectivity index (χ0n) is 17.2. The number of H-pyrrole nitrogens is 1. The summed E-state index contributed by atoms with van der Waals surface area (Å²) in [6.45, 7) is 0.763. The van der Waals surface area contributed by atoms with Crippen molar-refractivity contribution in [2.45, 2.75) is 43.9 Å². The second-order valence-corrected chi connectivity index (χ2v) is 8.30. The van der Waals surface area contributed by atoms with Gasteiger partial charge in [0.25, 0.3) is 0 Å². The monoisotopic (exact) mass is 448 g/mol. The van der Waals surface area contributed by atoms with Gasteiger partial charge in [-0.15, -0.1) is 0 Å².